The van der Waals surface area contributed by atoms with E-state index in [1.807, 2.05) is 0 Å². The summed E-state index contributed by atoms with van der Waals surface area (Å²) in [6, 6.07) is 6.90. The number of aromatic nitrogens is 1. The summed E-state index contributed by atoms with van der Waals surface area (Å²) in [5, 5.41) is 3.54. The van der Waals surface area contributed by atoms with Crippen LogP contribution in [-0.4, -0.2) is 36.6 Å². The average Bonchev–Trinajstić information content (AvgIpc) is 2.63. The highest BCUT2D eigenvalue weighted by Gasteiger charge is 2.40. The van der Waals surface area contributed by atoms with Gasteiger partial charge in [-0.2, -0.15) is 0 Å². The van der Waals surface area contributed by atoms with Gasteiger partial charge in [-0.15, -0.1) is 0 Å². The van der Waals surface area contributed by atoms with Gasteiger partial charge in [-0.25, -0.2) is 0 Å². The molecule has 1 heterocycles. The molecule has 0 bridgehead atoms. The first kappa shape index (κ1) is 15.5. The van der Waals surface area contributed by atoms with E-state index in [1.165, 1.54) is 18.5 Å². The van der Waals surface area contributed by atoms with Crippen LogP contribution >= 0.6 is 0 Å². The number of hydrogen-bond acceptors (Lipinski definition) is 3. The minimum Gasteiger partial charge on any atom is -0.316 e. The summed E-state index contributed by atoms with van der Waals surface area (Å²) < 4.78 is 0. The molecule has 1 aliphatic carbocycles. The topological polar surface area (TPSA) is 28.2 Å². The number of pyridine rings is 1. The second-order valence-electron chi connectivity index (χ2n) is 7.02. The normalized spacial score (nSPS) is 25.3. The summed E-state index contributed by atoms with van der Waals surface area (Å²) in [6.45, 7) is 8.91. The molecule has 2 atom stereocenters. The Morgan fingerprint density at radius 2 is 2.15 bits per heavy atom. The first-order valence-electron chi connectivity index (χ1n) is 7.71. The molecule has 112 valence electrons. The van der Waals surface area contributed by atoms with Crippen molar-refractivity contribution in [1.82, 2.24) is 15.2 Å². The Morgan fingerprint density at radius 1 is 1.40 bits per heavy atom. The van der Waals surface area contributed by atoms with Crippen molar-refractivity contribution in [2.45, 2.75) is 46.2 Å². The molecule has 0 spiro atoms. The first-order valence-corrected chi connectivity index (χ1v) is 7.71. The number of nitrogens with one attached hydrogen (secondary N) is 1. The molecule has 1 aromatic heterocycles. The molecule has 1 saturated carbocycles. The van der Waals surface area contributed by atoms with Crippen LogP contribution in [0.15, 0.2) is 18.2 Å². The second kappa shape index (κ2) is 6.23. The zero-order valence-corrected chi connectivity index (χ0v) is 13.6. The lowest BCUT2D eigenvalue weighted by Crippen LogP contribution is -2.43. The van der Waals surface area contributed by atoms with E-state index in [0.717, 1.165) is 24.7 Å². The predicted molar refractivity (Wildman–Crippen MR) is 84.7 cm³/mol. The lowest BCUT2D eigenvalue weighted by molar-refractivity contribution is 0.206. The summed E-state index contributed by atoms with van der Waals surface area (Å²) in [5.41, 5.74) is 2.69. The maximum atomic E-state index is 4.60. The first-order chi connectivity index (χ1) is 9.42. The summed E-state index contributed by atoms with van der Waals surface area (Å²) in [5.74, 6) is 0.741. The lowest BCUT2D eigenvalue weighted by atomic mass is 9.85. The van der Waals surface area contributed by atoms with Crippen LogP contribution in [0.1, 0.15) is 38.1 Å². The molecule has 2 unspecified atom stereocenters. The number of hydrogen-bond donors (Lipinski definition) is 1. The standard InChI is InChI=1S/C17H29N3/c1-13-7-6-8-15(19-13)12-20(5)11-14-9-10-17(2,3)16(14)18-4/h6-8,14,16,18H,9-12H2,1-5H3. The van der Waals surface area contributed by atoms with Gasteiger partial charge in [0.25, 0.3) is 0 Å². The van der Waals surface area contributed by atoms with Crippen LogP contribution < -0.4 is 5.32 Å². The fraction of sp³-hybridized carbons (Fsp3) is 0.706. The Labute approximate surface area is 123 Å². The smallest absolute Gasteiger partial charge is 0.0547 e. The second-order valence-corrected chi connectivity index (χ2v) is 7.02. The van der Waals surface area contributed by atoms with Crippen molar-refractivity contribution >= 4 is 0 Å². The molecule has 0 radical (unpaired) electrons. The molecule has 2 rings (SSSR count). The van der Waals surface area contributed by atoms with Crippen molar-refractivity contribution in [2.75, 3.05) is 20.6 Å². The summed E-state index contributed by atoms with van der Waals surface area (Å²) in [7, 11) is 4.31. The third-order valence-corrected chi connectivity index (χ3v) is 4.71. The number of aryl methyl sites for hydroxylation is 1. The molecule has 20 heavy (non-hydrogen) atoms. The van der Waals surface area contributed by atoms with Gasteiger partial charge in [0.2, 0.25) is 0 Å². The molecular weight excluding hydrogens is 246 g/mol. The molecule has 1 aliphatic rings. The van der Waals surface area contributed by atoms with Crippen molar-refractivity contribution in [3.8, 4) is 0 Å². The molecule has 1 fully saturated rings. The molecule has 3 heteroatoms. The van der Waals surface area contributed by atoms with Gasteiger partial charge in [-0.3, -0.25) is 4.98 Å². The van der Waals surface area contributed by atoms with E-state index in [2.05, 4.69) is 68.3 Å². The SMILES string of the molecule is CNC1C(CN(C)Cc2cccc(C)n2)CCC1(C)C. The minimum absolute atomic E-state index is 0.418. The summed E-state index contributed by atoms with van der Waals surface area (Å²) >= 11 is 0. The lowest BCUT2D eigenvalue weighted by Gasteiger charge is -2.32. The molecule has 0 aromatic carbocycles. The van der Waals surface area contributed by atoms with Gasteiger partial charge in [0, 0.05) is 24.8 Å². The van der Waals surface area contributed by atoms with Crippen LogP contribution in [0.4, 0.5) is 0 Å². The van der Waals surface area contributed by atoms with Gasteiger partial charge < -0.3 is 10.2 Å². The van der Waals surface area contributed by atoms with Gasteiger partial charge in [-0.1, -0.05) is 19.9 Å². The fourth-order valence-electron chi connectivity index (χ4n) is 3.77. The zero-order valence-electron chi connectivity index (χ0n) is 13.6. The van der Waals surface area contributed by atoms with E-state index in [1.54, 1.807) is 0 Å². The Balaban J connectivity index is 1.93. The molecule has 0 saturated heterocycles. The number of nitrogens with zero attached hydrogens (tertiary/aromatic N) is 2. The van der Waals surface area contributed by atoms with Crippen LogP contribution in [0, 0.1) is 18.3 Å². The maximum absolute atomic E-state index is 4.60. The largest absolute Gasteiger partial charge is 0.316 e. The third kappa shape index (κ3) is 3.58. The Hall–Kier alpha value is -0.930. The number of rotatable bonds is 5. The average molecular weight is 275 g/mol. The van der Waals surface area contributed by atoms with Crippen molar-refractivity contribution in [3.63, 3.8) is 0 Å². The summed E-state index contributed by atoms with van der Waals surface area (Å²) in [6.07, 6.45) is 2.64. The zero-order chi connectivity index (χ0) is 14.8. The molecule has 0 amide bonds. The maximum Gasteiger partial charge on any atom is 0.0547 e. The van der Waals surface area contributed by atoms with Crippen molar-refractivity contribution < 1.29 is 0 Å². The van der Waals surface area contributed by atoms with E-state index in [4.69, 9.17) is 0 Å². The van der Waals surface area contributed by atoms with Crippen molar-refractivity contribution in [1.29, 1.82) is 0 Å². The Kier molecular flexibility index (Phi) is 4.82. The van der Waals surface area contributed by atoms with E-state index in [-0.39, 0.29) is 0 Å². The van der Waals surface area contributed by atoms with E-state index >= 15 is 0 Å². The van der Waals surface area contributed by atoms with Gasteiger partial charge in [0.05, 0.1) is 5.69 Å². The van der Waals surface area contributed by atoms with Gasteiger partial charge >= 0.3 is 0 Å². The highest BCUT2D eigenvalue weighted by Crippen LogP contribution is 2.41. The minimum atomic E-state index is 0.418. The van der Waals surface area contributed by atoms with Crippen LogP contribution in [0.5, 0.6) is 0 Å². The van der Waals surface area contributed by atoms with Crippen LogP contribution in [-0.2, 0) is 6.54 Å². The predicted octanol–water partition coefficient (Wildman–Crippen LogP) is 2.85. The molecule has 0 aliphatic heterocycles. The molecular formula is C17H29N3. The van der Waals surface area contributed by atoms with Crippen LogP contribution in [0.2, 0.25) is 0 Å². The molecule has 3 nitrogen and oxygen atoms in total. The van der Waals surface area contributed by atoms with E-state index in [0.29, 0.717) is 11.5 Å². The van der Waals surface area contributed by atoms with Gasteiger partial charge in [0.1, 0.15) is 0 Å². The Bertz CT molecular complexity index is 442. The molecule has 1 aromatic rings. The quantitative estimate of drug-likeness (QED) is 0.895. The van der Waals surface area contributed by atoms with Crippen LogP contribution in [0.25, 0.3) is 0 Å². The van der Waals surface area contributed by atoms with Crippen LogP contribution in [0.3, 0.4) is 0 Å². The van der Waals surface area contributed by atoms with Crippen molar-refractivity contribution in [2.24, 2.45) is 11.3 Å². The third-order valence-electron chi connectivity index (χ3n) is 4.71. The fourth-order valence-corrected chi connectivity index (χ4v) is 3.77. The highest BCUT2D eigenvalue weighted by atomic mass is 15.1. The van der Waals surface area contributed by atoms with E-state index < -0.39 is 0 Å². The van der Waals surface area contributed by atoms with E-state index in [9.17, 15) is 0 Å². The van der Waals surface area contributed by atoms with Gasteiger partial charge in [-0.05, 0) is 57.3 Å². The highest BCUT2D eigenvalue weighted by molar-refractivity contribution is 5.09. The van der Waals surface area contributed by atoms with Crippen molar-refractivity contribution in [3.05, 3.63) is 29.6 Å². The summed E-state index contributed by atoms with van der Waals surface area (Å²) in [4.78, 5) is 7.01. The molecule has 1 N–H and O–H groups in total. The Morgan fingerprint density at radius 3 is 2.80 bits per heavy atom. The monoisotopic (exact) mass is 275 g/mol. The van der Waals surface area contributed by atoms with Gasteiger partial charge in [0.15, 0.2) is 0 Å².